The van der Waals surface area contributed by atoms with Gasteiger partial charge in [-0.1, -0.05) is 23.8 Å². The van der Waals surface area contributed by atoms with Crippen molar-refractivity contribution >= 4 is 10.9 Å². The van der Waals surface area contributed by atoms with Gasteiger partial charge in [-0.05, 0) is 62.4 Å². The molecule has 142 valence electrons. The third kappa shape index (κ3) is 3.10. The maximum Gasteiger partial charge on any atom is 0.236 e. The molecule has 4 rings (SSSR count). The summed E-state index contributed by atoms with van der Waals surface area (Å²) in [6.07, 6.45) is 5.33. The van der Waals surface area contributed by atoms with Gasteiger partial charge in [-0.3, -0.25) is 0 Å². The highest BCUT2D eigenvalue weighted by Gasteiger charge is 2.40. The molecule has 0 atom stereocenters. The molecule has 0 spiro atoms. The van der Waals surface area contributed by atoms with E-state index in [4.69, 9.17) is 6.57 Å². The molecule has 0 unspecified atom stereocenters. The first-order valence-electron chi connectivity index (χ1n) is 10.3. The summed E-state index contributed by atoms with van der Waals surface area (Å²) in [6.45, 7) is 14.3. The van der Waals surface area contributed by atoms with E-state index >= 15 is 0 Å². The van der Waals surface area contributed by atoms with Gasteiger partial charge in [0.25, 0.3) is 0 Å². The first-order valence-corrected chi connectivity index (χ1v) is 10.3. The average molecular weight is 370 g/mol. The molecule has 1 aliphatic rings. The summed E-state index contributed by atoms with van der Waals surface area (Å²) < 4.78 is 2.32. The van der Waals surface area contributed by atoms with Crippen molar-refractivity contribution in [1.29, 1.82) is 0 Å². The number of aromatic nitrogens is 1. The first-order chi connectivity index (χ1) is 13.4. The van der Waals surface area contributed by atoms with Crippen LogP contribution in [0.15, 0.2) is 42.5 Å². The summed E-state index contributed by atoms with van der Waals surface area (Å²) in [7, 11) is 2.17. The van der Waals surface area contributed by atoms with Gasteiger partial charge < -0.3 is 4.85 Å². The van der Waals surface area contributed by atoms with Gasteiger partial charge in [0.15, 0.2) is 0 Å². The summed E-state index contributed by atoms with van der Waals surface area (Å²) in [5, 5.41) is 1.28. The fourth-order valence-electron chi connectivity index (χ4n) is 4.93. The number of nitrogens with zero attached hydrogens (tertiary/aromatic N) is 2. The van der Waals surface area contributed by atoms with Crippen LogP contribution in [0.5, 0.6) is 0 Å². The molecule has 0 aliphatic heterocycles. The molecule has 28 heavy (non-hydrogen) atoms. The Labute approximate surface area is 168 Å². The number of rotatable bonds is 3. The molecular formula is C26H29N2+. The topological polar surface area (TPSA) is 8.24 Å². The summed E-state index contributed by atoms with van der Waals surface area (Å²) >= 11 is 0. The molecule has 1 heterocycles. The van der Waals surface area contributed by atoms with E-state index in [0.29, 0.717) is 0 Å². The SMILES string of the molecule is [C-]#[N+]C1(Cc2cccc3c2ccc(-c2cc(C)cc(C)c2C)[n+]3C)CCCC1. The van der Waals surface area contributed by atoms with Crippen molar-refractivity contribution in [3.05, 3.63) is 76.1 Å². The molecule has 1 aromatic heterocycles. The fourth-order valence-corrected chi connectivity index (χ4v) is 4.93. The van der Waals surface area contributed by atoms with Crippen LogP contribution in [0.3, 0.4) is 0 Å². The number of fused-ring (bicyclic) bond motifs is 1. The van der Waals surface area contributed by atoms with Crippen molar-refractivity contribution in [2.45, 2.75) is 58.4 Å². The minimum atomic E-state index is -0.185. The molecule has 0 amide bonds. The van der Waals surface area contributed by atoms with Gasteiger partial charge in [0.05, 0.1) is 6.42 Å². The summed E-state index contributed by atoms with van der Waals surface area (Å²) in [4.78, 5) is 4.08. The van der Waals surface area contributed by atoms with E-state index in [9.17, 15) is 0 Å². The third-order valence-corrected chi connectivity index (χ3v) is 6.68. The van der Waals surface area contributed by atoms with Crippen LogP contribution in [0.2, 0.25) is 0 Å². The number of hydrogen-bond acceptors (Lipinski definition) is 0. The van der Waals surface area contributed by atoms with Crippen LogP contribution in [0.1, 0.15) is 47.9 Å². The van der Waals surface area contributed by atoms with Crippen molar-refractivity contribution in [2.24, 2.45) is 7.05 Å². The second-order valence-corrected chi connectivity index (χ2v) is 8.60. The first kappa shape index (κ1) is 18.7. The highest BCUT2D eigenvalue weighted by atomic mass is 14.9. The molecule has 2 nitrogen and oxygen atoms in total. The van der Waals surface area contributed by atoms with E-state index in [1.54, 1.807) is 0 Å². The Morgan fingerprint density at radius 2 is 1.79 bits per heavy atom. The number of pyridine rings is 1. The molecule has 2 heteroatoms. The van der Waals surface area contributed by atoms with Gasteiger partial charge in [0.2, 0.25) is 16.7 Å². The van der Waals surface area contributed by atoms with E-state index in [2.05, 4.69) is 79.7 Å². The second-order valence-electron chi connectivity index (χ2n) is 8.60. The molecule has 0 N–H and O–H groups in total. The van der Waals surface area contributed by atoms with E-state index in [1.165, 1.54) is 57.3 Å². The largest absolute Gasteiger partial charge is 0.310 e. The maximum atomic E-state index is 7.78. The molecule has 1 fully saturated rings. The molecule has 3 aromatic rings. The van der Waals surface area contributed by atoms with E-state index in [0.717, 1.165) is 19.3 Å². The van der Waals surface area contributed by atoms with Crippen LogP contribution in [0.25, 0.3) is 27.0 Å². The van der Waals surface area contributed by atoms with E-state index in [-0.39, 0.29) is 5.54 Å². The molecule has 0 radical (unpaired) electrons. The summed E-state index contributed by atoms with van der Waals surface area (Å²) in [5.41, 5.74) is 8.90. The van der Waals surface area contributed by atoms with Crippen molar-refractivity contribution in [3.8, 4) is 11.3 Å². The lowest BCUT2D eigenvalue weighted by atomic mass is 9.88. The van der Waals surface area contributed by atoms with Crippen molar-refractivity contribution < 1.29 is 4.57 Å². The number of hydrogen-bond donors (Lipinski definition) is 0. The smallest absolute Gasteiger partial charge is 0.236 e. The predicted octanol–water partition coefficient (Wildman–Crippen LogP) is 6.03. The molecule has 1 aliphatic carbocycles. The number of aryl methyl sites for hydroxylation is 3. The van der Waals surface area contributed by atoms with Gasteiger partial charge >= 0.3 is 0 Å². The minimum Gasteiger partial charge on any atom is -0.310 e. The van der Waals surface area contributed by atoms with Gasteiger partial charge in [-0.25, -0.2) is 6.57 Å². The van der Waals surface area contributed by atoms with Gasteiger partial charge in [-0.15, -0.1) is 0 Å². The van der Waals surface area contributed by atoms with E-state index < -0.39 is 0 Å². The normalized spacial score (nSPS) is 15.7. The van der Waals surface area contributed by atoms with Crippen molar-refractivity contribution in [3.63, 3.8) is 0 Å². The van der Waals surface area contributed by atoms with E-state index in [1.807, 2.05) is 0 Å². The lowest BCUT2D eigenvalue weighted by molar-refractivity contribution is -0.633. The zero-order valence-electron chi connectivity index (χ0n) is 17.5. The molecule has 2 aromatic carbocycles. The quantitative estimate of drug-likeness (QED) is 0.393. The molecular weight excluding hydrogens is 340 g/mol. The van der Waals surface area contributed by atoms with Gasteiger partial charge in [0, 0.05) is 35.9 Å². The molecule has 0 bridgehead atoms. The Kier molecular flexibility index (Phi) is 4.71. The van der Waals surface area contributed by atoms with Crippen molar-refractivity contribution in [2.75, 3.05) is 0 Å². The maximum absolute atomic E-state index is 7.78. The number of benzene rings is 2. The predicted molar refractivity (Wildman–Crippen MR) is 116 cm³/mol. The Hall–Kier alpha value is -2.66. The summed E-state index contributed by atoms with van der Waals surface area (Å²) in [6, 6.07) is 15.6. The van der Waals surface area contributed by atoms with Crippen LogP contribution in [0.4, 0.5) is 0 Å². The van der Waals surface area contributed by atoms with Gasteiger partial charge in [-0.2, -0.15) is 4.57 Å². The monoisotopic (exact) mass is 369 g/mol. The molecule has 1 saturated carbocycles. The minimum absolute atomic E-state index is 0.185. The highest BCUT2D eigenvalue weighted by molar-refractivity contribution is 5.82. The summed E-state index contributed by atoms with van der Waals surface area (Å²) in [5.74, 6) is 0. The standard InChI is InChI=1S/C26H29N2/c1-18-15-19(2)20(3)23(16-18)25-12-11-22-21(9-8-10-24(22)28(25)5)17-26(27-4)13-6-7-14-26/h8-12,15-16H,6-7,13-14,17H2,1-3,5H3/q+1. The molecule has 0 saturated heterocycles. The Bertz CT molecular complexity index is 1100. The average Bonchev–Trinajstić information content (AvgIpc) is 3.15. The third-order valence-electron chi connectivity index (χ3n) is 6.68. The van der Waals surface area contributed by atoms with Crippen LogP contribution >= 0.6 is 0 Å². The van der Waals surface area contributed by atoms with Crippen molar-refractivity contribution in [1.82, 2.24) is 0 Å². The second kappa shape index (κ2) is 7.06. The Balaban J connectivity index is 1.85. The fraction of sp³-hybridized carbons (Fsp3) is 0.385. The van der Waals surface area contributed by atoms with Crippen LogP contribution < -0.4 is 4.57 Å². The Morgan fingerprint density at radius 1 is 1.04 bits per heavy atom. The lowest BCUT2D eigenvalue weighted by Crippen LogP contribution is -2.32. The van der Waals surface area contributed by atoms with Crippen LogP contribution in [-0.4, -0.2) is 5.54 Å². The lowest BCUT2D eigenvalue weighted by Gasteiger charge is -2.17. The zero-order valence-corrected chi connectivity index (χ0v) is 17.5. The van der Waals surface area contributed by atoms with Gasteiger partial charge in [0.1, 0.15) is 7.05 Å². The van der Waals surface area contributed by atoms with Crippen LogP contribution in [0, 0.1) is 27.3 Å². The van der Waals surface area contributed by atoms with Crippen LogP contribution in [-0.2, 0) is 13.5 Å². The highest BCUT2D eigenvalue weighted by Crippen LogP contribution is 2.38. The zero-order chi connectivity index (χ0) is 19.9. The Morgan fingerprint density at radius 3 is 2.50 bits per heavy atom.